The third-order valence-corrected chi connectivity index (χ3v) is 6.66. The van der Waals surface area contributed by atoms with Crippen molar-refractivity contribution in [2.45, 2.75) is 16.5 Å². The van der Waals surface area contributed by atoms with E-state index in [2.05, 4.69) is 21.9 Å². The second-order valence-electron chi connectivity index (χ2n) is 5.93. The van der Waals surface area contributed by atoms with Crippen LogP contribution in [0, 0.1) is 0 Å². The third-order valence-electron chi connectivity index (χ3n) is 4.18. The van der Waals surface area contributed by atoms with Crippen molar-refractivity contribution >= 4 is 21.8 Å². The van der Waals surface area contributed by atoms with Crippen LogP contribution in [0.5, 0.6) is 0 Å². The number of likely N-dealkylation sites (N-methyl/N-ethyl adjacent to an activating group) is 1. The average Bonchev–Trinajstić information content (AvgIpc) is 3.01. The van der Waals surface area contributed by atoms with Crippen LogP contribution < -0.4 is 0 Å². The van der Waals surface area contributed by atoms with E-state index in [0.29, 0.717) is 11.4 Å². The molecule has 0 amide bonds. The summed E-state index contributed by atoms with van der Waals surface area (Å²) < 4.78 is 27.2. The maximum Gasteiger partial charge on any atom is 0.224 e. The maximum absolute atomic E-state index is 12.9. The van der Waals surface area contributed by atoms with E-state index in [0.717, 1.165) is 31.9 Å². The van der Waals surface area contributed by atoms with Gasteiger partial charge < -0.3 is 4.90 Å². The second-order valence-corrected chi connectivity index (χ2v) is 8.53. The summed E-state index contributed by atoms with van der Waals surface area (Å²) in [6.07, 6.45) is 1.83. The van der Waals surface area contributed by atoms with Crippen LogP contribution in [-0.4, -0.2) is 66.9 Å². The lowest BCUT2D eigenvalue weighted by Crippen LogP contribution is -2.43. The zero-order valence-electron chi connectivity index (χ0n) is 13.9. The Labute approximate surface area is 147 Å². The average molecular weight is 367 g/mol. The lowest BCUT2D eigenvalue weighted by atomic mass is 10.3. The first-order valence-corrected chi connectivity index (χ1v) is 10.5. The molecule has 1 aliphatic rings. The van der Waals surface area contributed by atoms with Crippen LogP contribution in [0.3, 0.4) is 0 Å². The number of aromatic nitrogens is 2. The van der Waals surface area contributed by atoms with Crippen molar-refractivity contribution in [3.63, 3.8) is 0 Å². The van der Waals surface area contributed by atoms with Gasteiger partial charge in [0.15, 0.2) is 5.03 Å². The van der Waals surface area contributed by atoms with E-state index in [1.807, 2.05) is 12.3 Å². The van der Waals surface area contributed by atoms with E-state index in [9.17, 15) is 8.42 Å². The van der Waals surface area contributed by atoms with E-state index in [-0.39, 0.29) is 5.03 Å². The highest BCUT2D eigenvalue weighted by Gasteiger charge is 2.25. The molecule has 2 aromatic rings. The van der Waals surface area contributed by atoms with Gasteiger partial charge in [-0.15, -0.1) is 0 Å². The van der Waals surface area contributed by atoms with Gasteiger partial charge >= 0.3 is 0 Å². The number of piperazine rings is 1. The molecule has 0 aliphatic carbocycles. The number of sulfone groups is 1. The van der Waals surface area contributed by atoms with Crippen LogP contribution in [0.25, 0.3) is 0 Å². The first-order chi connectivity index (χ1) is 11.5. The molecule has 1 aromatic carbocycles. The summed E-state index contributed by atoms with van der Waals surface area (Å²) in [5.74, 6) is 0. The van der Waals surface area contributed by atoms with E-state index >= 15 is 0 Å². The number of rotatable bonds is 5. The molecule has 6 nitrogen and oxygen atoms in total. The summed E-state index contributed by atoms with van der Waals surface area (Å²) in [5.41, 5.74) is 0.795. The zero-order chi connectivity index (χ0) is 17.2. The molecule has 0 atom stereocenters. The highest BCUT2D eigenvalue weighted by molar-refractivity contribution is 7.98. The molecule has 0 spiro atoms. The van der Waals surface area contributed by atoms with E-state index in [1.165, 1.54) is 16.0 Å². The van der Waals surface area contributed by atoms with Crippen molar-refractivity contribution in [2.24, 2.45) is 0 Å². The van der Waals surface area contributed by atoms with Gasteiger partial charge in [0, 0.05) is 45.0 Å². The monoisotopic (exact) mass is 366 g/mol. The van der Waals surface area contributed by atoms with Gasteiger partial charge in [-0.3, -0.25) is 4.90 Å². The van der Waals surface area contributed by atoms with Crippen LogP contribution in [0.15, 0.2) is 46.3 Å². The Morgan fingerprint density at radius 1 is 1.12 bits per heavy atom. The Hall–Kier alpha value is -1.35. The minimum atomic E-state index is -3.56. The van der Waals surface area contributed by atoms with Crippen molar-refractivity contribution in [1.82, 2.24) is 19.0 Å². The fourth-order valence-electron chi connectivity index (χ4n) is 2.74. The lowest BCUT2D eigenvalue weighted by molar-refractivity contribution is 0.147. The molecule has 2 heterocycles. The molecular weight excluding hydrogens is 344 g/mol. The van der Waals surface area contributed by atoms with Crippen LogP contribution in [0.4, 0.5) is 0 Å². The van der Waals surface area contributed by atoms with Crippen molar-refractivity contribution in [2.75, 3.05) is 39.5 Å². The van der Waals surface area contributed by atoms with Crippen molar-refractivity contribution in [3.05, 3.63) is 42.1 Å². The van der Waals surface area contributed by atoms with Crippen LogP contribution in [0.2, 0.25) is 0 Å². The predicted octanol–water partition coefficient (Wildman–Crippen LogP) is 1.59. The zero-order valence-corrected chi connectivity index (χ0v) is 15.6. The normalized spacial score (nSPS) is 17.2. The number of hydrogen-bond donors (Lipinski definition) is 0. The molecule has 1 saturated heterocycles. The fraction of sp³-hybridized carbons (Fsp3) is 0.438. The topological polar surface area (TPSA) is 58.4 Å². The summed E-state index contributed by atoms with van der Waals surface area (Å²) in [7, 11) is -1.44. The van der Waals surface area contributed by atoms with Crippen molar-refractivity contribution in [3.8, 4) is 0 Å². The molecule has 1 fully saturated rings. The molecule has 130 valence electrons. The third kappa shape index (κ3) is 3.66. The quantitative estimate of drug-likeness (QED) is 0.801. The second kappa shape index (κ2) is 7.26. The molecule has 8 heteroatoms. The van der Waals surface area contributed by atoms with E-state index < -0.39 is 9.84 Å². The smallest absolute Gasteiger partial charge is 0.224 e. The van der Waals surface area contributed by atoms with Gasteiger partial charge in [-0.1, -0.05) is 18.2 Å². The molecule has 1 aromatic heterocycles. The standard InChI is InChI=1S/C16H22N4O2S2/c1-18-8-10-19(11-9-18)13-14-12-16(20(17-14)23-2)24(21,22)15-6-4-3-5-7-15/h3-7,12H,8-11,13H2,1-2H3. The maximum atomic E-state index is 12.9. The summed E-state index contributed by atoms with van der Waals surface area (Å²) >= 11 is 1.30. The van der Waals surface area contributed by atoms with Crippen molar-refractivity contribution in [1.29, 1.82) is 0 Å². The Kier molecular flexibility index (Phi) is 5.29. The molecule has 0 bridgehead atoms. The van der Waals surface area contributed by atoms with Gasteiger partial charge in [0.2, 0.25) is 9.84 Å². The Morgan fingerprint density at radius 3 is 2.42 bits per heavy atom. The summed E-state index contributed by atoms with van der Waals surface area (Å²) in [5, 5.41) is 4.72. The van der Waals surface area contributed by atoms with Crippen LogP contribution >= 0.6 is 11.9 Å². The first-order valence-electron chi connectivity index (χ1n) is 7.85. The van der Waals surface area contributed by atoms with E-state index in [1.54, 1.807) is 30.3 Å². The van der Waals surface area contributed by atoms with Crippen molar-refractivity contribution < 1.29 is 8.42 Å². The minimum Gasteiger partial charge on any atom is -0.304 e. The molecule has 0 saturated carbocycles. The fourth-order valence-corrected chi connectivity index (χ4v) is 4.97. The predicted molar refractivity (Wildman–Crippen MR) is 95.8 cm³/mol. The molecule has 0 radical (unpaired) electrons. The Morgan fingerprint density at radius 2 is 1.79 bits per heavy atom. The van der Waals surface area contributed by atoms with Gasteiger partial charge in [-0.25, -0.2) is 8.42 Å². The first kappa shape index (κ1) is 17.5. The largest absolute Gasteiger partial charge is 0.304 e. The summed E-state index contributed by atoms with van der Waals surface area (Å²) in [6, 6.07) is 10.2. The lowest BCUT2D eigenvalue weighted by Gasteiger charge is -2.31. The van der Waals surface area contributed by atoms with Gasteiger partial charge in [0.1, 0.15) is 0 Å². The van der Waals surface area contributed by atoms with Gasteiger partial charge in [-0.05, 0) is 31.1 Å². The number of benzene rings is 1. The molecule has 24 heavy (non-hydrogen) atoms. The van der Waals surface area contributed by atoms with Gasteiger partial charge in [-0.2, -0.15) is 9.19 Å². The Balaban J connectivity index is 1.85. The highest BCUT2D eigenvalue weighted by atomic mass is 32.2. The summed E-state index contributed by atoms with van der Waals surface area (Å²) in [4.78, 5) is 4.90. The number of hydrogen-bond acceptors (Lipinski definition) is 6. The number of nitrogens with zero attached hydrogens (tertiary/aromatic N) is 4. The van der Waals surface area contributed by atoms with Crippen LogP contribution in [0.1, 0.15) is 5.69 Å². The SMILES string of the molecule is CSn1nc(CN2CCN(C)CC2)cc1S(=O)(=O)c1ccccc1. The molecule has 3 rings (SSSR count). The molecule has 0 unspecified atom stereocenters. The van der Waals surface area contributed by atoms with Gasteiger partial charge in [0.05, 0.1) is 10.6 Å². The van der Waals surface area contributed by atoms with Gasteiger partial charge in [0.25, 0.3) is 0 Å². The van der Waals surface area contributed by atoms with Crippen LogP contribution in [-0.2, 0) is 16.4 Å². The molecule has 0 N–H and O–H groups in total. The Bertz CT molecular complexity index is 782. The van der Waals surface area contributed by atoms with E-state index in [4.69, 9.17) is 0 Å². The molecular formula is C16H22N4O2S2. The summed E-state index contributed by atoms with van der Waals surface area (Å²) in [6.45, 7) is 4.68. The minimum absolute atomic E-state index is 0.241. The molecule has 1 aliphatic heterocycles. The highest BCUT2D eigenvalue weighted by Crippen LogP contribution is 2.24.